The number of sulfonamides is 1. The predicted molar refractivity (Wildman–Crippen MR) is 123 cm³/mol. The minimum atomic E-state index is -3.62. The van der Waals surface area contributed by atoms with Crippen LogP contribution in [0.2, 0.25) is 5.02 Å². The Hall–Kier alpha value is -2.68. The van der Waals surface area contributed by atoms with Crippen LogP contribution < -0.4 is 5.32 Å². The second-order valence-corrected chi connectivity index (χ2v) is 10.1. The molecule has 0 radical (unpaired) electrons. The molecule has 3 aromatic rings. The Morgan fingerprint density at radius 1 is 1.03 bits per heavy atom. The van der Waals surface area contributed by atoms with Crippen molar-refractivity contribution in [2.24, 2.45) is 0 Å². The number of nitrogens with zero attached hydrogens (tertiary/aromatic N) is 2. The highest BCUT2D eigenvalue weighted by Gasteiger charge is 2.25. The van der Waals surface area contributed by atoms with Gasteiger partial charge in [-0.3, -0.25) is 4.79 Å². The molecule has 0 spiro atoms. The number of benzene rings is 2. The Labute approximate surface area is 192 Å². The fraction of sp³-hybridized carbons (Fsp3) is 0.304. The molecule has 0 amide bonds. The third-order valence-corrected chi connectivity index (χ3v) is 7.58. The molecule has 1 aliphatic heterocycles. The zero-order valence-electron chi connectivity index (χ0n) is 17.5. The summed E-state index contributed by atoms with van der Waals surface area (Å²) in [6.07, 6.45) is 3.79. The van der Waals surface area contributed by atoms with E-state index in [0.29, 0.717) is 35.3 Å². The topological polar surface area (TPSA) is 92.5 Å². The summed E-state index contributed by atoms with van der Waals surface area (Å²) in [5.74, 6) is 0.0963. The molecular weight excluding hydrogens is 450 g/mol. The lowest BCUT2D eigenvalue weighted by Crippen LogP contribution is -2.32. The molecule has 168 valence electrons. The summed E-state index contributed by atoms with van der Waals surface area (Å²) in [7, 11) is -3.62. The number of rotatable bonds is 7. The van der Waals surface area contributed by atoms with Crippen LogP contribution in [0.4, 0.5) is 5.88 Å². The third-order valence-electron chi connectivity index (χ3n) is 5.43. The summed E-state index contributed by atoms with van der Waals surface area (Å²) in [5.41, 5.74) is 1.77. The van der Waals surface area contributed by atoms with Crippen LogP contribution in [0.25, 0.3) is 11.3 Å². The van der Waals surface area contributed by atoms with E-state index in [-0.39, 0.29) is 17.2 Å². The van der Waals surface area contributed by atoms with Gasteiger partial charge in [0, 0.05) is 35.3 Å². The van der Waals surface area contributed by atoms with Gasteiger partial charge in [0.05, 0.1) is 11.4 Å². The molecule has 2 aromatic carbocycles. The maximum atomic E-state index is 13.0. The van der Waals surface area contributed by atoms with E-state index < -0.39 is 10.0 Å². The number of ketones is 1. The van der Waals surface area contributed by atoms with Gasteiger partial charge in [0.2, 0.25) is 15.9 Å². The van der Waals surface area contributed by atoms with Crippen molar-refractivity contribution in [2.45, 2.75) is 30.6 Å². The minimum Gasteiger partial charge on any atom is -0.347 e. The lowest BCUT2D eigenvalue weighted by molar-refractivity contribution is 0.100. The van der Waals surface area contributed by atoms with Gasteiger partial charge in [-0.25, -0.2) is 8.42 Å². The fourth-order valence-electron chi connectivity index (χ4n) is 3.65. The van der Waals surface area contributed by atoms with Crippen LogP contribution in [-0.2, 0) is 10.0 Å². The molecule has 0 bridgehead atoms. The molecule has 7 nitrogen and oxygen atoms in total. The van der Waals surface area contributed by atoms with Gasteiger partial charge in [-0.15, -0.1) is 0 Å². The average molecular weight is 474 g/mol. The largest absolute Gasteiger partial charge is 0.347 e. The molecule has 0 unspecified atom stereocenters. The van der Waals surface area contributed by atoms with Crippen molar-refractivity contribution in [3.05, 3.63) is 65.2 Å². The van der Waals surface area contributed by atoms with E-state index in [2.05, 4.69) is 10.5 Å². The highest BCUT2D eigenvalue weighted by molar-refractivity contribution is 7.89. The summed E-state index contributed by atoms with van der Waals surface area (Å²) in [4.78, 5) is 12.8. The first-order chi connectivity index (χ1) is 15.4. The van der Waals surface area contributed by atoms with E-state index in [1.165, 1.54) is 10.4 Å². The molecule has 1 saturated heterocycles. The Morgan fingerprint density at radius 3 is 2.47 bits per heavy atom. The van der Waals surface area contributed by atoms with Crippen molar-refractivity contribution in [2.75, 3.05) is 25.0 Å². The summed E-state index contributed by atoms with van der Waals surface area (Å²) in [5, 5.41) is 7.53. The molecule has 1 N–H and O–H groups in total. The molecule has 2 heterocycles. The molecule has 0 saturated carbocycles. The quantitative estimate of drug-likeness (QED) is 0.493. The molecule has 1 aliphatic rings. The van der Waals surface area contributed by atoms with Crippen molar-refractivity contribution in [1.29, 1.82) is 0 Å². The van der Waals surface area contributed by atoms with Gasteiger partial charge < -0.3 is 9.84 Å². The summed E-state index contributed by atoms with van der Waals surface area (Å²) in [6.45, 7) is 0.982. The lowest BCUT2D eigenvalue weighted by Gasteiger charge is -2.20. The van der Waals surface area contributed by atoms with E-state index in [4.69, 9.17) is 16.1 Å². The minimum absolute atomic E-state index is 0.0531. The predicted octanol–water partition coefficient (Wildman–Crippen LogP) is 4.85. The molecule has 9 heteroatoms. The Kier molecular flexibility index (Phi) is 6.93. The fourth-order valence-corrected chi connectivity index (χ4v) is 5.34. The van der Waals surface area contributed by atoms with Crippen LogP contribution in [0.15, 0.2) is 64.0 Å². The second-order valence-electron chi connectivity index (χ2n) is 7.71. The van der Waals surface area contributed by atoms with Gasteiger partial charge in [0.15, 0.2) is 5.78 Å². The normalized spacial score (nSPS) is 15.3. The van der Waals surface area contributed by atoms with E-state index in [1.54, 1.807) is 36.4 Å². The zero-order valence-corrected chi connectivity index (χ0v) is 19.0. The van der Waals surface area contributed by atoms with Crippen molar-refractivity contribution >= 4 is 33.3 Å². The molecule has 0 atom stereocenters. The standard InChI is InChI=1S/C23H24ClN3O4S/c24-19-10-8-17(9-11-19)21-15-23(31-26-21)25-16-22(28)18-6-5-7-20(14-18)32(29,30)27-12-3-1-2-4-13-27/h5-11,14-15,25H,1-4,12-13,16H2. The molecule has 0 aliphatic carbocycles. The third kappa shape index (κ3) is 5.20. The maximum Gasteiger partial charge on any atom is 0.243 e. The van der Waals surface area contributed by atoms with Crippen LogP contribution >= 0.6 is 11.6 Å². The first-order valence-electron chi connectivity index (χ1n) is 10.5. The van der Waals surface area contributed by atoms with Crippen LogP contribution in [-0.4, -0.2) is 43.3 Å². The summed E-state index contributed by atoms with van der Waals surface area (Å²) in [6, 6.07) is 15.1. The van der Waals surface area contributed by atoms with Crippen LogP contribution in [0, 0.1) is 0 Å². The van der Waals surface area contributed by atoms with Crippen molar-refractivity contribution in [1.82, 2.24) is 9.46 Å². The van der Waals surface area contributed by atoms with E-state index in [1.807, 2.05) is 12.1 Å². The summed E-state index contributed by atoms with van der Waals surface area (Å²) < 4.78 is 32.8. The zero-order chi connectivity index (χ0) is 22.6. The average Bonchev–Trinajstić information content (AvgIpc) is 3.10. The summed E-state index contributed by atoms with van der Waals surface area (Å²) >= 11 is 5.90. The second kappa shape index (κ2) is 9.85. The van der Waals surface area contributed by atoms with Crippen LogP contribution in [0.1, 0.15) is 36.0 Å². The van der Waals surface area contributed by atoms with E-state index in [9.17, 15) is 13.2 Å². The van der Waals surface area contributed by atoms with E-state index in [0.717, 1.165) is 31.2 Å². The Balaban J connectivity index is 1.42. The van der Waals surface area contributed by atoms with Crippen molar-refractivity contribution in [3.63, 3.8) is 0 Å². The van der Waals surface area contributed by atoms with Crippen LogP contribution in [0.5, 0.6) is 0 Å². The monoisotopic (exact) mass is 473 g/mol. The van der Waals surface area contributed by atoms with Gasteiger partial charge >= 0.3 is 0 Å². The highest BCUT2D eigenvalue weighted by atomic mass is 35.5. The number of halogens is 1. The number of anilines is 1. The number of aromatic nitrogens is 1. The van der Waals surface area contributed by atoms with Crippen LogP contribution in [0.3, 0.4) is 0 Å². The van der Waals surface area contributed by atoms with Crippen molar-refractivity contribution in [3.8, 4) is 11.3 Å². The number of nitrogens with one attached hydrogen (secondary N) is 1. The first-order valence-corrected chi connectivity index (χ1v) is 12.4. The molecule has 1 aromatic heterocycles. The number of carbonyl (C=O) groups excluding carboxylic acids is 1. The smallest absolute Gasteiger partial charge is 0.243 e. The SMILES string of the molecule is O=C(CNc1cc(-c2ccc(Cl)cc2)no1)c1cccc(S(=O)(=O)N2CCCCCC2)c1. The highest BCUT2D eigenvalue weighted by Crippen LogP contribution is 2.24. The number of Topliss-reactive ketones (excluding diaryl/α,β-unsaturated/α-hetero) is 1. The number of hydrogen-bond donors (Lipinski definition) is 1. The van der Waals surface area contributed by atoms with Gasteiger partial charge in [0.25, 0.3) is 0 Å². The number of hydrogen-bond acceptors (Lipinski definition) is 6. The first kappa shape index (κ1) is 22.5. The molecule has 1 fully saturated rings. The van der Waals surface area contributed by atoms with Gasteiger partial charge in [0.1, 0.15) is 5.69 Å². The molecule has 4 rings (SSSR count). The van der Waals surface area contributed by atoms with E-state index >= 15 is 0 Å². The van der Waals surface area contributed by atoms with Gasteiger partial charge in [-0.05, 0) is 37.1 Å². The Bertz CT molecular complexity index is 1180. The number of carbonyl (C=O) groups is 1. The van der Waals surface area contributed by atoms with Gasteiger partial charge in [-0.2, -0.15) is 4.31 Å². The lowest BCUT2D eigenvalue weighted by atomic mass is 10.1. The van der Waals surface area contributed by atoms with Gasteiger partial charge in [-0.1, -0.05) is 53.9 Å². The Morgan fingerprint density at radius 2 is 1.75 bits per heavy atom. The molecular formula is C23H24ClN3O4S. The molecule has 32 heavy (non-hydrogen) atoms. The maximum absolute atomic E-state index is 13.0. The van der Waals surface area contributed by atoms with Crippen molar-refractivity contribution < 1.29 is 17.7 Å².